The summed E-state index contributed by atoms with van der Waals surface area (Å²) in [5, 5.41) is 5.49. The van der Waals surface area contributed by atoms with Crippen LogP contribution in [-0.4, -0.2) is 30.8 Å². The number of nitrogens with zero attached hydrogens (tertiary/aromatic N) is 2. The molecule has 1 saturated heterocycles. The van der Waals surface area contributed by atoms with Crippen LogP contribution in [0.2, 0.25) is 0 Å². The molecule has 0 unspecified atom stereocenters. The lowest BCUT2D eigenvalue weighted by Gasteiger charge is -2.31. The van der Waals surface area contributed by atoms with E-state index in [9.17, 15) is 8.42 Å². The van der Waals surface area contributed by atoms with Crippen LogP contribution in [0.1, 0.15) is 42.6 Å². The first kappa shape index (κ1) is 18.8. The fourth-order valence-corrected chi connectivity index (χ4v) is 4.10. The first-order chi connectivity index (χ1) is 12.5. The summed E-state index contributed by atoms with van der Waals surface area (Å²) in [5.41, 5.74) is 2.89. The van der Waals surface area contributed by atoms with Crippen LogP contribution in [0.25, 0.3) is 6.08 Å². The minimum Gasteiger partial charge on any atom is -0.372 e. The van der Waals surface area contributed by atoms with E-state index in [4.69, 9.17) is 4.74 Å². The van der Waals surface area contributed by atoms with Crippen molar-refractivity contribution in [2.45, 2.75) is 45.4 Å². The highest BCUT2D eigenvalue weighted by Crippen LogP contribution is 2.28. The van der Waals surface area contributed by atoms with Gasteiger partial charge >= 0.3 is 0 Å². The van der Waals surface area contributed by atoms with Gasteiger partial charge in [0.25, 0.3) is 0 Å². The SMILES string of the molecule is CCn1cc([C@H]2OCCC[C@@H]2NS(=O)(=O)/C=C/c2ccc(C)cc2)cn1. The molecule has 1 aliphatic heterocycles. The van der Waals surface area contributed by atoms with Crippen LogP contribution in [-0.2, 0) is 21.3 Å². The molecule has 7 heteroatoms. The first-order valence-corrected chi connectivity index (χ1v) is 10.4. The van der Waals surface area contributed by atoms with Crippen molar-refractivity contribution in [2.75, 3.05) is 6.61 Å². The lowest BCUT2D eigenvalue weighted by Crippen LogP contribution is -2.41. The van der Waals surface area contributed by atoms with Gasteiger partial charge in [-0.25, -0.2) is 13.1 Å². The predicted octanol–water partition coefficient (Wildman–Crippen LogP) is 3.02. The Morgan fingerprint density at radius 3 is 2.81 bits per heavy atom. The number of hydrogen-bond acceptors (Lipinski definition) is 4. The van der Waals surface area contributed by atoms with E-state index in [1.54, 1.807) is 12.3 Å². The highest BCUT2D eigenvalue weighted by molar-refractivity contribution is 7.92. The Morgan fingerprint density at radius 2 is 2.12 bits per heavy atom. The minimum atomic E-state index is -3.57. The number of ether oxygens (including phenoxy) is 1. The maximum Gasteiger partial charge on any atom is 0.234 e. The second kappa shape index (κ2) is 8.16. The summed E-state index contributed by atoms with van der Waals surface area (Å²) in [7, 11) is -3.57. The lowest BCUT2D eigenvalue weighted by atomic mass is 9.99. The number of sulfonamides is 1. The van der Waals surface area contributed by atoms with Crippen molar-refractivity contribution >= 4 is 16.1 Å². The number of aryl methyl sites for hydroxylation is 2. The first-order valence-electron chi connectivity index (χ1n) is 8.88. The third-order valence-corrected chi connectivity index (χ3v) is 5.59. The molecule has 0 aliphatic carbocycles. The highest BCUT2D eigenvalue weighted by atomic mass is 32.2. The van der Waals surface area contributed by atoms with Crippen molar-refractivity contribution in [1.82, 2.24) is 14.5 Å². The molecule has 0 spiro atoms. The molecule has 26 heavy (non-hydrogen) atoms. The summed E-state index contributed by atoms with van der Waals surface area (Å²) in [4.78, 5) is 0. The molecule has 3 rings (SSSR count). The van der Waals surface area contributed by atoms with Gasteiger partial charge in [0.1, 0.15) is 6.10 Å². The van der Waals surface area contributed by atoms with Crippen molar-refractivity contribution in [1.29, 1.82) is 0 Å². The van der Waals surface area contributed by atoms with Crippen molar-refractivity contribution in [3.8, 4) is 0 Å². The van der Waals surface area contributed by atoms with Gasteiger partial charge in [-0.05, 0) is 38.3 Å². The van der Waals surface area contributed by atoms with Crippen LogP contribution in [0.5, 0.6) is 0 Å². The van der Waals surface area contributed by atoms with Crippen LogP contribution in [0.3, 0.4) is 0 Å². The maximum atomic E-state index is 12.5. The van der Waals surface area contributed by atoms with E-state index in [0.29, 0.717) is 6.61 Å². The normalized spacial score (nSPS) is 21.3. The molecule has 1 N–H and O–H groups in total. The third kappa shape index (κ3) is 4.81. The summed E-state index contributed by atoms with van der Waals surface area (Å²) in [6.45, 7) is 5.39. The Balaban J connectivity index is 1.72. The number of nitrogens with one attached hydrogen (secondary N) is 1. The zero-order valence-corrected chi connectivity index (χ0v) is 15.9. The zero-order valence-electron chi connectivity index (χ0n) is 15.1. The van der Waals surface area contributed by atoms with Gasteiger partial charge in [-0.3, -0.25) is 4.68 Å². The summed E-state index contributed by atoms with van der Waals surface area (Å²) in [6.07, 6.45) is 6.52. The molecular formula is C19H25N3O3S. The van der Waals surface area contributed by atoms with Crippen molar-refractivity contribution in [3.63, 3.8) is 0 Å². The largest absolute Gasteiger partial charge is 0.372 e. The van der Waals surface area contributed by atoms with Crippen LogP contribution in [0.4, 0.5) is 0 Å². The van der Waals surface area contributed by atoms with Gasteiger partial charge < -0.3 is 4.74 Å². The van der Waals surface area contributed by atoms with Gasteiger partial charge in [-0.2, -0.15) is 5.10 Å². The second-order valence-electron chi connectivity index (χ2n) is 6.55. The molecule has 2 atom stereocenters. The van der Waals surface area contributed by atoms with E-state index in [1.165, 1.54) is 5.41 Å². The van der Waals surface area contributed by atoms with E-state index >= 15 is 0 Å². The monoisotopic (exact) mass is 375 g/mol. The molecule has 1 aromatic heterocycles. The molecule has 0 bridgehead atoms. The Kier molecular flexibility index (Phi) is 5.90. The van der Waals surface area contributed by atoms with E-state index in [-0.39, 0.29) is 12.1 Å². The van der Waals surface area contributed by atoms with Crippen LogP contribution in [0, 0.1) is 6.92 Å². The van der Waals surface area contributed by atoms with E-state index in [2.05, 4.69) is 9.82 Å². The van der Waals surface area contributed by atoms with E-state index in [0.717, 1.165) is 36.1 Å². The fraction of sp³-hybridized carbons (Fsp3) is 0.421. The summed E-state index contributed by atoms with van der Waals surface area (Å²) >= 11 is 0. The number of hydrogen-bond donors (Lipinski definition) is 1. The molecule has 1 fully saturated rings. The molecular weight excluding hydrogens is 350 g/mol. The van der Waals surface area contributed by atoms with Crippen LogP contribution in [0.15, 0.2) is 42.1 Å². The summed E-state index contributed by atoms with van der Waals surface area (Å²) < 4.78 is 35.4. The summed E-state index contributed by atoms with van der Waals surface area (Å²) in [6, 6.07) is 7.40. The molecule has 2 aromatic rings. The average molecular weight is 375 g/mol. The van der Waals surface area contributed by atoms with Crippen molar-refractivity contribution in [2.24, 2.45) is 0 Å². The molecule has 140 valence electrons. The van der Waals surface area contributed by atoms with Crippen molar-refractivity contribution in [3.05, 3.63) is 58.8 Å². The van der Waals surface area contributed by atoms with Crippen LogP contribution >= 0.6 is 0 Å². The standard InChI is InChI=1S/C19H25N3O3S/c1-3-22-14-17(13-20-22)19-18(5-4-11-25-19)21-26(23,24)12-10-16-8-6-15(2)7-9-16/h6-10,12-14,18-19,21H,3-5,11H2,1-2H3/b12-10+/t18-,19+/m0/s1. The Morgan fingerprint density at radius 1 is 1.35 bits per heavy atom. The van der Waals surface area contributed by atoms with Crippen molar-refractivity contribution < 1.29 is 13.2 Å². The van der Waals surface area contributed by atoms with Gasteiger partial charge in [-0.1, -0.05) is 29.8 Å². The predicted molar refractivity (Wildman–Crippen MR) is 102 cm³/mol. The van der Waals surface area contributed by atoms with Gasteiger partial charge in [-0.15, -0.1) is 0 Å². The molecule has 0 radical (unpaired) electrons. The summed E-state index contributed by atoms with van der Waals surface area (Å²) in [5.74, 6) is 0. The van der Waals surface area contributed by atoms with E-state index < -0.39 is 10.0 Å². The molecule has 1 aliphatic rings. The lowest BCUT2D eigenvalue weighted by molar-refractivity contribution is -0.00438. The second-order valence-corrected chi connectivity index (χ2v) is 8.14. The number of aromatic nitrogens is 2. The Bertz CT molecular complexity index is 856. The third-order valence-electron chi connectivity index (χ3n) is 4.46. The smallest absolute Gasteiger partial charge is 0.234 e. The molecule has 1 aromatic carbocycles. The maximum absolute atomic E-state index is 12.5. The minimum absolute atomic E-state index is 0.300. The molecule has 0 amide bonds. The Hall–Kier alpha value is -1.96. The highest BCUT2D eigenvalue weighted by Gasteiger charge is 2.31. The van der Waals surface area contributed by atoms with E-state index in [1.807, 2.05) is 49.0 Å². The quantitative estimate of drug-likeness (QED) is 0.842. The average Bonchev–Trinajstić information content (AvgIpc) is 3.10. The number of benzene rings is 1. The van der Waals surface area contributed by atoms with Gasteiger partial charge in [0.2, 0.25) is 10.0 Å². The fourth-order valence-electron chi connectivity index (χ4n) is 3.03. The van der Waals surface area contributed by atoms with Gasteiger partial charge in [0.05, 0.1) is 12.2 Å². The number of rotatable bonds is 6. The van der Waals surface area contributed by atoms with Crippen LogP contribution < -0.4 is 4.72 Å². The molecule has 2 heterocycles. The Labute approximate surface area is 154 Å². The molecule has 0 saturated carbocycles. The zero-order chi connectivity index (χ0) is 18.6. The van der Waals surface area contributed by atoms with Gasteiger partial charge in [0.15, 0.2) is 0 Å². The topological polar surface area (TPSA) is 73.2 Å². The van der Waals surface area contributed by atoms with Gasteiger partial charge in [0, 0.05) is 30.3 Å². The molecule has 6 nitrogen and oxygen atoms in total.